The maximum absolute atomic E-state index is 5.43. The van der Waals surface area contributed by atoms with Gasteiger partial charge in [0.25, 0.3) is 0 Å². The quantitative estimate of drug-likeness (QED) is 0.168. The summed E-state index contributed by atoms with van der Waals surface area (Å²) in [6.07, 6.45) is 1.95. The third kappa shape index (κ3) is 4.55. The highest BCUT2D eigenvalue weighted by molar-refractivity contribution is 6.20. The Morgan fingerprint density at radius 3 is 1.88 bits per heavy atom. The average molecular weight is 752 g/mol. The molecule has 8 aromatic carbocycles. The molecular weight excluding hydrogens is 719 g/mol. The molecule has 0 bridgehead atoms. The Balaban J connectivity index is 1.02. The highest BCUT2D eigenvalue weighted by Gasteiger charge is 2.29. The molecule has 5 heteroatoms. The van der Waals surface area contributed by atoms with Gasteiger partial charge in [-0.25, -0.2) is 4.98 Å². The largest absolute Gasteiger partial charge is 0.309 e. The lowest BCUT2D eigenvalue weighted by Crippen LogP contribution is -2.17. The minimum absolute atomic E-state index is 0.902. The molecule has 1 aliphatic heterocycles. The van der Waals surface area contributed by atoms with Gasteiger partial charge in [-0.05, 0) is 101 Å². The Labute approximate surface area is 339 Å². The molecule has 0 unspecified atom stereocenters. The Kier molecular flexibility index (Phi) is 6.66. The molecular formula is C54H33N5. The molecule has 0 N–H and O–H groups in total. The van der Waals surface area contributed by atoms with Crippen molar-refractivity contribution < 1.29 is 0 Å². The number of hydrogen-bond acceptors (Lipinski definition) is 3. The van der Waals surface area contributed by atoms with Crippen LogP contribution in [0.2, 0.25) is 0 Å². The van der Waals surface area contributed by atoms with Crippen LogP contribution in [-0.4, -0.2) is 19.1 Å². The molecule has 59 heavy (non-hydrogen) atoms. The van der Waals surface area contributed by atoms with E-state index >= 15 is 0 Å². The number of benzene rings is 8. The zero-order chi connectivity index (χ0) is 38.6. The Morgan fingerprint density at radius 2 is 1.03 bits per heavy atom. The zero-order valence-electron chi connectivity index (χ0n) is 31.8. The predicted molar refractivity (Wildman–Crippen MR) is 245 cm³/mol. The second-order valence-corrected chi connectivity index (χ2v) is 15.4. The van der Waals surface area contributed by atoms with Gasteiger partial charge in [0.05, 0.1) is 44.4 Å². The maximum Gasteiger partial charge on any atom is 0.148 e. The van der Waals surface area contributed by atoms with Gasteiger partial charge < -0.3 is 9.13 Å². The number of hydrogen-bond donors (Lipinski definition) is 0. The predicted octanol–water partition coefficient (Wildman–Crippen LogP) is 14.1. The van der Waals surface area contributed by atoms with Crippen LogP contribution < -0.4 is 4.90 Å². The van der Waals surface area contributed by atoms with Crippen molar-refractivity contribution in [3.05, 3.63) is 200 Å². The Hall–Kier alpha value is -8.02. The van der Waals surface area contributed by atoms with Gasteiger partial charge in [0.15, 0.2) is 0 Å². The summed E-state index contributed by atoms with van der Waals surface area (Å²) in [5.74, 6) is 0.902. The van der Waals surface area contributed by atoms with E-state index in [0.717, 1.165) is 67.0 Å². The SMILES string of the molecule is c1ccc(N2c3ccccc3-c3nccc4c3c2nc2ccc(-n3c5ccccc5c5cc(-c6cccc7c6c6ccccc6n7-c6ccccc6)ccc53)cc24)cc1. The van der Waals surface area contributed by atoms with Crippen molar-refractivity contribution in [3.8, 4) is 33.8 Å². The van der Waals surface area contributed by atoms with Crippen molar-refractivity contribution in [2.24, 2.45) is 0 Å². The Morgan fingerprint density at radius 1 is 0.373 bits per heavy atom. The van der Waals surface area contributed by atoms with Gasteiger partial charge >= 0.3 is 0 Å². The molecule has 5 nitrogen and oxygen atoms in total. The third-order valence-electron chi connectivity index (χ3n) is 12.3. The van der Waals surface area contributed by atoms with E-state index in [9.17, 15) is 0 Å². The van der Waals surface area contributed by atoms with E-state index in [0.29, 0.717) is 0 Å². The van der Waals surface area contributed by atoms with E-state index < -0.39 is 0 Å². The van der Waals surface area contributed by atoms with Crippen molar-refractivity contribution in [2.75, 3.05) is 4.90 Å². The molecule has 1 aliphatic rings. The summed E-state index contributed by atoms with van der Waals surface area (Å²) in [6.45, 7) is 0. The molecule has 0 aliphatic carbocycles. The van der Waals surface area contributed by atoms with Gasteiger partial charge in [-0.15, -0.1) is 0 Å². The van der Waals surface area contributed by atoms with Gasteiger partial charge in [-0.1, -0.05) is 109 Å². The monoisotopic (exact) mass is 751 g/mol. The smallest absolute Gasteiger partial charge is 0.148 e. The van der Waals surface area contributed by atoms with Gasteiger partial charge in [0.1, 0.15) is 5.82 Å². The van der Waals surface area contributed by atoms with Crippen molar-refractivity contribution in [3.63, 3.8) is 0 Å². The van der Waals surface area contributed by atoms with E-state index in [1.807, 2.05) is 6.20 Å². The number of aromatic nitrogens is 4. The summed E-state index contributed by atoms with van der Waals surface area (Å²) >= 11 is 0. The molecule has 4 aromatic heterocycles. The third-order valence-corrected chi connectivity index (χ3v) is 12.3. The topological polar surface area (TPSA) is 38.9 Å². The minimum Gasteiger partial charge on any atom is -0.309 e. The van der Waals surface area contributed by atoms with Crippen LogP contribution in [0.15, 0.2) is 200 Å². The van der Waals surface area contributed by atoms with Crippen LogP contribution in [0.25, 0.3) is 99.0 Å². The lowest BCUT2D eigenvalue weighted by Gasteiger charge is -2.32. The molecule has 0 fully saturated rings. The maximum atomic E-state index is 5.43. The highest BCUT2D eigenvalue weighted by atomic mass is 15.2. The first-order chi connectivity index (χ1) is 29.3. The zero-order valence-corrected chi connectivity index (χ0v) is 31.8. The fraction of sp³-hybridized carbons (Fsp3) is 0. The van der Waals surface area contributed by atoms with Crippen LogP contribution in [-0.2, 0) is 0 Å². The number of anilines is 3. The fourth-order valence-electron chi connectivity index (χ4n) is 9.78. The van der Waals surface area contributed by atoms with Crippen molar-refractivity contribution in [2.45, 2.75) is 0 Å². The molecule has 0 atom stereocenters. The van der Waals surface area contributed by atoms with E-state index in [4.69, 9.17) is 9.97 Å². The summed E-state index contributed by atoms with van der Waals surface area (Å²) in [5.41, 5.74) is 14.6. The van der Waals surface area contributed by atoms with Crippen LogP contribution in [0.3, 0.4) is 0 Å². The summed E-state index contributed by atoms with van der Waals surface area (Å²) in [5, 5.41) is 8.25. The first kappa shape index (κ1) is 32.1. The first-order valence-corrected chi connectivity index (χ1v) is 20.1. The van der Waals surface area contributed by atoms with Crippen LogP contribution in [0.5, 0.6) is 0 Å². The van der Waals surface area contributed by atoms with Crippen LogP contribution >= 0.6 is 0 Å². The molecule has 0 amide bonds. The Bertz CT molecular complexity index is 3670. The fourth-order valence-corrected chi connectivity index (χ4v) is 9.78. The number of rotatable bonds is 4. The molecule has 12 aromatic rings. The summed E-state index contributed by atoms with van der Waals surface area (Å²) in [7, 11) is 0. The molecule has 274 valence electrons. The molecule has 5 heterocycles. The van der Waals surface area contributed by atoms with E-state index in [1.54, 1.807) is 0 Å². The molecule has 0 radical (unpaired) electrons. The van der Waals surface area contributed by atoms with E-state index in [1.165, 1.54) is 49.2 Å². The second kappa shape index (κ2) is 12.2. The van der Waals surface area contributed by atoms with E-state index in [2.05, 4.69) is 208 Å². The highest BCUT2D eigenvalue weighted by Crippen LogP contribution is 2.50. The molecule has 13 rings (SSSR count). The summed E-state index contributed by atoms with van der Waals surface area (Å²) < 4.78 is 4.80. The number of para-hydroxylation sites is 5. The lowest BCUT2D eigenvalue weighted by atomic mass is 9.95. The van der Waals surface area contributed by atoms with Gasteiger partial charge in [-0.3, -0.25) is 9.88 Å². The normalized spacial score (nSPS) is 12.4. The molecule has 0 saturated carbocycles. The first-order valence-electron chi connectivity index (χ1n) is 20.1. The number of nitrogens with zero attached hydrogens (tertiary/aromatic N) is 5. The lowest BCUT2D eigenvalue weighted by molar-refractivity contribution is 1.18. The number of pyridine rings is 2. The standard InChI is InChI=1S/C54H33N5/c1-3-14-35(15-4-1)57-47-23-11-8-19-41(47)51-38(21-13-25-50(51)57)34-26-29-49-44(32-34)39-18-7-10-22-46(39)58(49)37-27-28-45-43(33-37)40-30-31-55-53-42-20-9-12-24-48(42)59(54(56-45)52(40)53)36-16-5-2-6-17-36/h1-33H. The van der Waals surface area contributed by atoms with Crippen molar-refractivity contribution in [1.29, 1.82) is 0 Å². The van der Waals surface area contributed by atoms with Crippen molar-refractivity contribution in [1.82, 2.24) is 19.1 Å². The van der Waals surface area contributed by atoms with Crippen molar-refractivity contribution >= 4 is 82.5 Å². The van der Waals surface area contributed by atoms with Gasteiger partial charge in [0.2, 0.25) is 0 Å². The average Bonchev–Trinajstić information content (AvgIpc) is 3.82. The second-order valence-electron chi connectivity index (χ2n) is 15.4. The number of fused-ring (bicyclic) bond motifs is 10. The van der Waals surface area contributed by atoms with Gasteiger partial charge in [0, 0.05) is 55.8 Å². The molecule has 0 spiro atoms. The molecule has 0 saturated heterocycles. The van der Waals surface area contributed by atoms with Crippen LogP contribution in [0.4, 0.5) is 17.2 Å². The van der Waals surface area contributed by atoms with E-state index in [-0.39, 0.29) is 0 Å². The summed E-state index contributed by atoms with van der Waals surface area (Å²) in [4.78, 5) is 12.7. The van der Waals surface area contributed by atoms with Gasteiger partial charge in [-0.2, -0.15) is 0 Å². The van der Waals surface area contributed by atoms with Crippen LogP contribution in [0, 0.1) is 0 Å². The summed E-state index contributed by atoms with van der Waals surface area (Å²) in [6, 6.07) is 69.8. The minimum atomic E-state index is 0.902. The van der Waals surface area contributed by atoms with Crippen LogP contribution in [0.1, 0.15) is 0 Å².